The fourth-order valence-electron chi connectivity index (χ4n) is 9.49. The summed E-state index contributed by atoms with van der Waals surface area (Å²) >= 11 is 0. The minimum absolute atomic E-state index is 0.0300. The van der Waals surface area contributed by atoms with Crippen molar-refractivity contribution in [2.45, 2.75) is 230 Å². The molecule has 75 heavy (non-hydrogen) atoms. The largest absolute Gasteiger partial charge is 0.394 e. The minimum Gasteiger partial charge on any atom is -0.394 e. The first-order chi connectivity index (χ1) is 35.7. The quantitative estimate of drug-likeness (QED) is 0.0399. The smallest absolute Gasteiger partial charge is 0.187 e. The van der Waals surface area contributed by atoms with Gasteiger partial charge in [0, 0.05) is 6.61 Å². The molecule has 31 heteroatoms. The maximum atomic E-state index is 11.9. The maximum absolute atomic E-state index is 11.9. The second kappa shape index (κ2) is 29.0. The third-order valence-corrected chi connectivity index (χ3v) is 14.2. The lowest BCUT2D eigenvalue weighted by molar-refractivity contribution is -0.394. The van der Waals surface area contributed by atoms with E-state index in [0.717, 1.165) is 32.1 Å². The van der Waals surface area contributed by atoms with Gasteiger partial charge in [-0.25, -0.2) is 0 Å². The molecule has 0 amide bonds. The van der Waals surface area contributed by atoms with Crippen LogP contribution in [0.25, 0.3) is 0 Å². The molecule has 0 aromatic rings. The average molecular weight is 1100 g/mol. The Morgan fingerprint density at radius 1 is 0.280 bits per heavy atom. The molecule has 6 heterocycles. The van der Waals surface area contributed by atoms with Crippen molar-refractivity contribution in [2.24, 2.45) is 0 Å². The summed E-state index contributed by atoms with van der Waals surface area (Å²) in [6.45, 7) is -3.04. The van der Waals surface area contributed by atoms with Crippen molar-refractivity contribution in [1.29, 1.82) is 0 Å². The summed E-state index contributed by atoms with van der Waals surface area (Å²) in [6.07, 6.45) is -51.1. The normalized spacial score (nSPS) is 49.0. The van der Waals surface area contributed by atoms with E-state index in [9.17, 15) is 97.0 Å². The molecule has 0 aliphatic carbocycles. The van der Waals surface area contributed by atoms with Gasteiger partial charge in [0.15, 0.2) is 37.7 Å². The Bertz CT molecular complexity index is 1640. The number of ether oxygens (including phenoxy) is 12. The fraction of sp³-hybridized carbons (Fsp3) is 1.00. The van der Waals surface area contributed by atoms with Crippen molar-refractivity contribution in [3.8, 4) is 0 Å². The molecule has 6 aliphatic rings. The Morgan fingerprint density at radius 2 is 0.560 bits per heavy atom. The van der Waals surface area contributed by atoms with Gasteiger partial charge in [-0.1, -0.05) is 39.0 Å². The van der Waals surface area contributed by atoms with Crippen LogP contribution in [0.4, 0.5) is 0 Å². The molecule has 440 valence electrons. The molecule has 6 saturated heterocycles. The molecule has 6 fully saturated rings. The average Bonchev–Trinajstić information content (AvgIpc) is 3.40. The molecule has 2 unspecified atom stereocenters. The van der Waals surface area contributed by atoms with Crippen molar-refractivity contribution in [1.82, 2.24) is 0 Å². The fourth-order valence-corrected chi connectivity index (χ4v) is 9.49. The number of hydrogen-bond acceptors (Lipinski definition) is 31. The number of aliphatic hydroxyl groups is 19. The van der Waals surface area contributed by atoms with Gasteiger partial charge in [0.1, 0.15) is 146 Å². The van der Waals surface area contributed by atoms with Crippen LogP contribution < -0.4 is 0 Å². The summed E-state index contributed by atoms with van der Waals surface area (Å²) < 4.78 is 68.4. The first-order valence-corrected chi connectivity index (χ1v) is 25.1. The topological polar surface area (TPSA) is 495 Å². The van der Waals surface area contributed by atoms with Crippen molar-refractivity contribution in [2.75, 3.05) is 46.2 Å². The Labute approximate surface area is 429 Å². The molecule has 0 saturated carbocycles. The van der Waals surface area contributed by atoms with Crippen LogP contribution in [0, 0.1) is 0 Å². The molecule has 0 radical (unpaired) electrons. The van der Waals surface area contributed by atoms with Gasteiger partial charge in [-0.15, -0.1) is 0 Å². The molecular weight excluding hydrogens is 1020 g/mol. The van der Waals surface area contributed by atoms with Crippen molar-refractivity contribution in [3.63, 3.8) is 0 Å². The van der Waals surface area contributed by atoms with Gasteiger partial charge in [-0.2, -0.15) is 0 Å². The SMILES string of the molecule is CCCCCCCCOC1O[C@H](COC2O[C@H](CO)[C@@H](O)[C@H](O)[C@H]2O)[C@@H](O)[C@H](O[C@@H]2O[C@H](CO)[C@@H](O)[C@H](O[C@H]3O[C@H](CO[C@@H]4O[C@H](CO)[C@@H](O)[C@H](O)[C@H]4O)[C@@H](O)[C@H](O[C@@H]4O[C@H](CO)[C@@H](O)[C@H](O)[C@H]4O)[C@H]3O)[C@H]2O)[C@H]1O. The molecule has 19 N–H and O–H groups in total. The number of hydrogen-bond donors (Lipinski definition) is 19. The summed E-state index contributed by atoms with van der Waals surface area (Å²) in [6, 6.07) is 0. The highest BCUT2D eigenvalue weighted by atomic mass is 16.8. The first-order valence-electron chi connectivity index (χ1n) is 25.1. The van der Waals surface area contributed by atoms with Crippen LogP contribution in [-0.4, -0.2) is 328 Å². The summed E-state index contributed by atoms with van der Waals surface area (Å²) in [5.41, 5.74) is 0. The van der Waals surface area contributed by atoms with Crippen LogP contribution >= 0.6 is 0 Å². The Balaban J connectivity index is 1.23. The summed E-state index contributed by atoms with van der Waals surface area (Å²) in [5, 5.41) is 203. The lowest BCUT2D eigenvalue weighted by atomic mass is 9.95. The third-order valence-electron chi connectivity index (χ3n) is 14.2. The molecule has 30 atom stereocenters. The zero-order valence-corrected chi connectivity index (χ0v) is 40.9. The lowest BCUT2D eigenvalue weighted by Crippen LogP contribution is -2.68. The molecule has 6 rings (SSSR count). The predicted molar refractivity (Wildman–Crippen MR) is 236 cm³/mol. The highest BCUT2D eigenvalue weighted by Crippen LogP contribution is 2.36. The van der Waals surface area contributed by atoms with Gasteiger partial charge >= 0.3 is 0 Å². The Morgan fingerprint density at radius 3 is 0.960 bits per heavy atom. The van der Waals surface area contributed by atoms with Crippen LogP contribution in [-0.2, 0) is 56.8 Å². The van der Waals surface area contributed by atoms with Crippen molar-refractivity contribution < 1.29 is 154 Å². The van der Waals surface area contributed by atoms with Crippen LogP contribution in [0.3, 0.4) is 0 Å². The van der Waals surface area contributed by atoms with E-state index in [2.05, 4.69) is 6.92 Å². The number of rotatable bonds is 24. The highest BCUT2D eigenvalue weighted by molar-refractivity contribution is 4.99. The maximum Gasteiger partial charge on any atom is 0.187 e. The van der Waals surface area contributed by atoms with E-state index in [1.54, 1.807) is 0 Å². The van der Waals surface area contributed by atoms with E-state index in [1.165, 1.54) is 0 Å². The van der Waals surface area contributed by atoms with E-state index >= 15 is 0 Å². The lowest BCUT2D eigenvalue weighted by Gasteiger charge is -2.49. The molecule has 0 bridgehead atoms. The number of aliphatic hydroxyl groups excluding tert-OH is 19. The van der Waals surface area contributed by atoms with Gasteiger partial charge in [0.25, 0.3) is 0 Å². The monoisotopic (exact) mass is 1100 g/mol. The van der Waals surface area contributed by atoms with Gasteiger partial charge in [-0.3, -0.25) is 0 Å². The van der Waals surface area contributed by atoms with Crippen LogP contribution in [0.15, 0.2) is 0 Å². The van der Waals surface area contributed by atoms with Crippen LogP contribution in [0.1, 0.15) is 45.4 Å². The standard InChI is InChI=1S/C44H78O31/c1-2-3-4-5-6-7-8-64-41-33(61)37(25(53)19(71-41)13-65-39-30(58)27(55)21(49)15(9-45)67-39)75-43-34(62)36(24(52)18(12-48)70-43)74-44-35(63)38(73-42-32(60)29(57)23(51)17(11-47)69-42)26(54)20(72-44)14-66-40-31(59)28(56)22(50)16(10-46)68-40/h15-63H,2-14H2,1H3/t15-,16-,17-,18-,19-,20-,21-,22-,23-,24-,25-,26-,27+,28+,29+,30-,31-,32-,33-,34-,35-,36+,37+,38+,39?,40-,41?,42+,43+,44-/m1/s1. The minimum atomic E-state index is -2.25. The Kier molecular flexibility index (Phi) is 24.3. The summed E-state index contributed by atoms with van der Waals surface area (Å²) in [7, 11) is 0. The van der Waals surface area contributed by atoms with E-state index in [4.69, 9.17) is 56.8 Å². The van der Waals surface area contributed by atoms with Gasteiger partial charge < -0.3 is 154 Å². The predicted octanol–water partition coefficient (Wildman–Crippen LogP) is -10.7. The highest BCUT2D eigenvalue weighted by Gasteiger charge is 2.57. The van der Waals surface area contributed by atoms with Crippen LogP contribution in [0.2, 0.25) is 0 Å². The second-order valence-electron chi connectivity index (χ2n) is 19.5. The molecule has 31 nitrogen and oxygen atoms in total. The van der Waals surface area contributed by atoms with E-state index in [1.807, 2.05) is 0 Å². The van der Waals surface area contributed by atoms with Gasteiger partial charge in [0.05, 0.1) is 39.6 Å². The van der Waals surface area contributed by atoms with Gasteiger partial charge in [-0.05, 0) is 6.42 Å². The zero-order chi connectivity index (χ0) is 55.0. The number of unbranched alkanes of at least 4 members (excludes halogenated alkanes) is 5. The van der Waals surface area contributed by atoms with Crippen LogP contribution in [0.5, 0.6) is 0 Å². The second-order valence-corrected chi connectivity index (χ2v) is 19.5. The third kappa shape index (κ3) is 14.6. The zero-order valence-electron chi connectivity index (χ0n) is 40.9. The first kappa shape index (κ1) is 62.9. The molecule has 0 aromatic carbocycles. The van der Waals surface area contributed by atoms with Gasteiger partial charge in [0.2, 0.25) is 0 Å². The molecule has 0 spiro atoms. The molecular formula is C44H78O31. The Hall–Kier alpha value is -1.24. The molecule has 6 aliphatic heterocycles. The summed E-state index contributed by atoms with van der Waals surface area (Å²) in [5.74, 6) is 0. The van der Waals surface area contributed by atoms with E-state index in [0.29, 0.717) is 6.42 Å². The molecule has 0 aromatic heterocycles. The van der Waals surface area contributed by atoms with E-state index in [-0.39, 0.29) is 6.61 Å². The van der Waals surface area contributed by atoms with Crippen molar-refractivity contribution >= 4 is 0 Å². The van der Waals surface area contributed by atoms with E-state index < -0.39 is 224 Å². The summed E-state index contributed by atoms with van der Waals surface area (Å²) in [4.78, 5) is 0. The van der Waals surface area contributed by atoms with Crippen molar-refractivity contribution in [3.05, 3.63) is 0 Å².